The van der Waals surface area contributed by atoms with Crippen LogP contribution in [0.1, 0.15) is 32.8 Å². The van der Waals surface area contributed by atoms with Gasteiger partial charge in [0, 0.05) is 30.3 Å². The number of benzene rings is 1. The van der Waals surface area contributed by atoms with E-state index in [1.54, 1.807) is 41.9 Å². The third-order valence-corrected chi connectivity index (χ3v) is 6.13. The van der Waals surface area contributed by atoms with Crippen molar-refractivity contribution < 1.29 is 15.0 Å². The molecule has 4 N–H and O–H groups in total. The predicted octanol–water partition coefficient (Wildman–Crippen LogP) is 3.13. The van der Waals surface area contributed by atoms with Crippen LogP contribution >= 0.6 is 11.3 Å². The first kappa shape index (κ1) is 24.2. The molecule has 0 spiro atoms. The van der Waals surface area contributed by atoms with Gasteiger partial charge in [0.1, 0.15) is 16.9 Å². The number of aryl methyl sites for hydroxylation is 2. The Bertz CT molecular complexity index is 1180. The molecule has 33 heavy (non-hydrogen) atoms. The Hall–Kier alpha value is -3.46. The van der Waals surface area contributed by atoms with Crippen LogP contribution in [0.3, 0.4) is 0 Å². The number of hydrogen-bond acceptors (Lipinski definition) is 9. The molecule has 0 bridgehead atoms. The number of likely N-dealkylation sites (N-methyl/N-ethyl adjacent to an activating group) is 1. The van der Waals surface area contributed by atoms with E-state index in [2.05, 4.69) is 26.8 Å². The van der Waals surface area contributed by atoms with E-state index in [1.165, 1.54) is 17.5 Å². The maximum Gasteiger partial charge on any atom is 0.267 e. The minimum absolute atomic E-state index is 0.120. The maximum atomic E-state index is 12.7. The average Bonchev–Trinajstić information content (AvgIpc) is 3.38. The van der Waals surface area contributed by atoms with Gasteiger partial charge in [0.2, 0.25) is 0 Å². The molecule has 0 aliphatic heterocycles. The van der Waals surface area contributed by atoms with Crippen molar-refractivity contribution in [1.29, 1.82) is 5.26 Å². The number of nitriles is 1. The number of amides is 1. The lowest BCUT2D eigenvalue weighted by Gasteiger charge is -2.22. The second kappa shape index (κ2) is 10.4. The van der Waals surface area contributed by atoms with Crippen molar-refractivity contribution in [1.82, 2.24) is 19.7 Å². The van der Waals surface area contributed by atoms with Crippen LogP contribution in [0.5, 0.6) is 5.75 Å². The quantitative estimate of drug-likeness (QED) is 0.351. The van der Waals surface area contributed by atoms with E-state index in [1.807, 2.05) is 13.8 Å². The minimum Gasteiger partial charge on any atom is -0.508 e. The number of anilines is 3. The standard InChI is InChI=1S/C22H27N7O3S/c1-13-6-7-16(30)15(3)19(13)25-21(32)17-10-24-22(33-17)26-20-14(2)11-29(27-20)12-18(31)28(4)9-5-8-23/h6-7,10-11,18,30-31H,5,9,12H2,1-4H3,(H,25,32)(H,24,26,27). The van der Waals surface area contributed by atoms with Gasteiger partial charge in [-0.3, -0.25) is 14.4 Å². The van der Waals surface area contributed by atoms with E-state index < -0.39 is 6.23 Å². The fourth-order valence-corrected chi connectivity index (χ4v) is 3.87. The van der Waals surface area contributed by atoms with Gasteiger partial charge >= 0.3 is 0 Å². The van der Waals surface area contributed by atoms with Gasteiger partial charge in [0.05, 0.1) is 24.5 Å². The van der Waals surface area contributed by atoms with Crippen LogP contribution in [0.4, 0.5) is 16.6 Å². The largest absolute Gasteiger partial charge is 0.508 e. The Morgan fingerprint density at radius 1 is 1.33 bits per heavy atom. The number of hydrogen-bond donors (Lipinski definition) is 4. The lowest BCUT2D eigenvalue weighted by atomic mass is 10.1. The Kier molecular flexibility index (Phi) is 7.65. The monoisotopic (exact) mass is 469 g/mol. The summed E-state index contributed by atoms with van der Waals surface area (Å²) in [5.41, 5.74) is 2.89. The summed E-state index contributed by atoms with van der Waals surface area (Å²) in [6.07, 6.45) is 2.85. The second-order valence-corrected chi connectivity index (χ2v) is 8.79. The third kappa shape index (κ3) is 5.87. The molecule has 1 aromatic carbocycles. The highest BCUT2D eigenvalue weighted by Gasteiger charge is 2.17. The van der Waals surface area contributed by atoms with Gasteiger partial charge < -0.3 is 20.8 Å². The van der Waals surface area contributed by atoms with Gasteiger partial charge in [0.25, 0.3) is 5.91 Å². The number of thiazole rings is 1. The number of carbonyl (C=O) groups is 1. The summed E-state index contributed by atoms with van der Waals surface area (Å²) in [5, 5.41) is 39.8. The second-order valence-electron chi connectivity index (χ2n) is 7.76. The van der Waals surface area contributed by atoms with Gasteiger partial charge in [-0.1, -0.05) is 17.4 Å². The van der Waals surface area contributed by atoms with Crippen LogP contribution < -0.4 is 10.6 Å². The molecule has 1 atom stereocenters. The molecular weight excluding hydrogens is 442 g/mol. The van der Waals surface area contributed by atoms with Gasteiger partial charge in [0.15, 0.2) is 10.9 Å². The highest BCUT2D eigenvalue weighted by molar-refractivity contribution is 7.17. The summed E-state index contributed by atoms with van der Waals surface area (Å²) in [7, 11) is 1.75. The van der Waals surface area contributed by atoms with E-state index in [-0.39, 0.29) is 18.2 Å². The molecule has 0 aliphatic rings. The predicted molar refractivity (Wildman–Crippen MR) is 127 cm³/mol. The summed E-state index contributed by atoms with van der Waals surface area (Å²) < 4.78 is 1.62. The summed E-state index contributed by atoms with van der Waals surface area (Å²) in [6.45, 7) is 6.20. The molecule has 1 amide bonds. The molecule has 3 aromatic rings. The zero-order valence-electron chi connectivity index (χ0n) is 19.0. The molecule has 2 heterocycles. The van der Waals surface area contributed by atoms with Crippen LogP contribution in [-0.4, -0.2) is 55.6 Å². The van der Waals surface area contributed by atoms with Gasteiger partial charge in [-0.15, -0.1) is 0 Å². The molecule has 0 radical (unpaired) electrons. The van der Waals surface area contributed by atoms with Crippen molar-refractivity contribution >= 4 is 33.9 Å². The highest BCUT2D eigenvalue weighted by Crippen LogP contribution is 2.30. The number of aliphatic hydroxyl groups is 1. The van der Waals surface area contributed by atoms with Crippen LogP contribution in [0, 0.1) is 32.1 Å². The fourth-order valence-electron chi connectivity index (χ4n) is 3.16. The van der Waals surface area contributed by atoms with Crippen molar-refractivity contribution in [3.8, 4) is 11.8 Å². The minimum atomic E-state index is -0.773. The Balaban J connectivity index is 1.66. The SMILES string of the molecule is Cc1cn(CC(O)N(C)CCC#N)nc1Nc1ncc(C(=O)Nc2c(C)ccc(O)c2C)s1. The summed E-state index contributed by atoms with van der Waals surface area (Å²) in [6, 6.07) is 5.40. The van der Waals surface area contributed by atoms with Crippen molar-refractivity contribution in [3.05, 3.63) is 46.1 Å². The molecule has 0 saturated carbocycles. The fraction of sp³-hybridized carbons (Fsp3) is 0.364. The topological polar surface area (TPSA) is 139 Å². The molecule has 0 saturated heterocycles. The van der Waals surface area contributed by atoms with E-state index in [0.29, 0.717) is 40.0 Å². The number of aliphatic hydroxyl groups excluding tert-OH is 1. The molecule has 2 aromatic heterocycles. The maximum absolute atomic E-state index is 12.7. The molecule has 10 nitrogen and oxygen atoms in total. The molecule has 1 unspecified atom stereocenters. The summed E-state index contributed by atoms with van der Waals surface area (Å²) >= 11 is 1.18. The Morgan fingerprint density at radius 2 is 2.09 bits per heavy atom. The van der Waals surface area contributed by atoms with E-state index in [0.717, 1.165) is 11.1 Å². The first-order valence-corrected chi connectivity index (χ1v) is 11.1. The first-order valence-electron chi connectivity index (χ1n) is 10.3. The van der Waals surface area contributed by atoms with Crippen molar-refractivity contribution in [2.24, 2.45) is 0 Å². The molecule has 11 heteroatoms. The summed E-state index contributed by atoms with van der Waals surface area (Å²) in [4.78, 5) is 19.1. The molecular formula is C22H27N7O3S. The van der Waals surface area contributed by atoms with Gasteiger partial charge in [-0.25, -0.2) is 4.98 Å². The van der Waals surface area contributed by atoms with Crippen LogP contribution in [0.25, 0.3) is 0 Å². The third-order valence-electron chi connectivity index (χ3n) is 5.22. The highest BCUT2D eigenvalue weighted by atomic mass is 32.1. The number of phenolic OH excluding ortho intramolecular Hbond substituents is 1. The number of aromatic hydroxyl groups is 1. The van der Waals surface area contributed by atoms with Gasteiger partial charge in [-0.2, -0.15) is 10.4 Å². The van der Waals surface area contributed by atoms with E-state index in [4.69, 9.17) is 5.26 Å². The zero-order valence-corrected chi connectivity index (χ0v) is 19.8. The first-order chi connectivity index (χ1) is 15.7. The Morgan fingerprint density at radius 3 is 2.82 bits per heavy atom. The average molecular weight is 470 g/mol. The molecule has 0 aliphatic carbocycles. The van der Waals surface area contributed by atoms with Crippen molar-refractivity contribution in [3.63, 3.8) is 0 Å². The molecule has 0 fully saturated rings. The Labute approximate surface area is 196 Å². The van der Waals surface area contributed by atoms with E-state index >= 15 is 0 Å². The zero-order chi connectivity index (χ0) is 24.1. The summed E-state index contributed by atoms with van der Waals surface area (Å²) in [5.74, 6) is 0.376. The number of rotatable bonds is 9. The van der Waals surface area contributed by atoms with Gasteiger partial charge in [-0.05, 0) is 39.4 Å². The number of carbonyl (C=O) groups excluding carboxylic acids is 1. The lowest BCUT2D eigenvalue weighted by Crippen LogP contribution is -2.35. The smallest absolute Gasteiger partial charge is 0.267 e. The molecule has 3 rings (SSSR count). The van der Waals surface area contributed by atoms with E-state index in [9.17, 15) is 15.0 Å². The van der Waals surface area contributed by atoms with Crippen molar-refractivity contribution in [2.45, 2.75) is 40.0 Å². The van der Waals surface area contributed by atoms with Crippen LogP contribution in [0.2, 0.25) is 0 Å². The van der Waals surface area contributed by atoms with Crippen LogP contribution in [-0.2, 0) is 6.54 Å². The number of nitrogens with zero attached hydrogens (tertiary/aromatic N) is 5. The number of nitrogens with one attached hydrogen (secondary N) is 2. The number of aromatic nitrogens is 3. The van der Waals surface area contributed by atoms with Crippen molar-refractivity contribution in [2.75, 3.05) is 24.2 Å². The van der Waals surface area contributed by atoms with Crippen LogP contribution in [0.15, 0.2) is 24.5 Å². The normalized spacial score (nSPS) is 11.9. The number of phenols is 1. The molecule has 174 valence electrons. The lowest BCUT2D eigenvalue weighted by molar-refractivity contribution is 0.00771.